The zero-order valence-corrected chi connectivity index (χ0v) is 10.6. The van der Waals surface area contributed by atoms with E-state index >= 15 is 0 Å². The van der Waals surface area contributed by atoms with E-state index in [1.54, 1.807) is 0 Å². The maximum Gasteiger partial charge on any atom is 0.271 e. The quantitative estimate of drug-likeness (QED) is 0.895. The van der Waals surface area contributed by atoms with Crippen LogP contribution in [0.3, 0.4) is 0 Å². The second-order valence-electron chi connectivity index (χ2n) is 3.38. The van der Waals surface area contributed by atoms with E-state index in [4.69, 9.17) is 5.11 Å². The van der Waals surface area contributed by atoms with Gasteiger partial charge in [-0.15, -0.1) is 11.3 Å². The fraction of sp³-hybridized carbons (Fsp3) is 0.100. The molecule has 0 radical (unpaired) electrons. The molecule has 0 saturated carbocycles. The van der Waals surface area contributed by atoms with Crippen molar-refractivity contribution in [2.45, 2.75) is 10.8 Å². The number of aromatic nitrogens is 1. The topological polar surface area (TPSA) is 79.3 Å². The van der Waals surface area contributed by atoms with Crippen LogP contribution in [0.2, 0.25) is 0 Å². The number of thiophene rings is 1. The van der Waals surface area contributed by atoms with E-state index in [0.29, 0.717) is 4.88 Å². The Hall–Kier alpha value is -1.51. The summed E-state index contributed by atoms with van der Waals surface area (Å²) in [5, 5.41) is 8.88. The second kappa shape index (κ2) is 5.01. The van der Waals surface area contributed by atoms with Gasteiger partial charge in [0.15, 0.2) is 0 Å². The van der Waals surface area contributed by atoms with Crippen molar-refractivity contribution in [1.29, 1.82) is 0 Å². The van der Waals surface area contributed by atoms with Crippen LogP contribution in [0, 0.1) is 5.82 Å². The van der Waals surface area contributed by atoms with Gasteiger partial charge in [-0.1, -0.05) is 0 Å². The highest BCUT2D eigenvalue weighted by Crippen LogP contribution is 2.23. The molecule has 8 heteroatoms. The summed E-state index contributed by atoms with van der Waals surface area (Å²) < 4.78 is 39.0. The Labute approximate surface area is 107 Å². The van der Waals surface area contributed by atoms with Crippen molar-refractivity contribution in [2.24, 2.45) is 0 Å². The lowest BCUT2D eigenvalue weighted by atomic mass is 10.4. The van der Waals surface area contributed by atoms with Gasteiger partial charge >= 0.3 is 0 Å². The van der Waals surface area contributed by atoms with Crippen LogP contribution in [0.4, 0.5) is 10.1 Å². The molecule has 0 aliphatic heterocycles. The molecule has 0 amide bonds. The molecular formula is C10H9FN2O3S2. The lowest BCUT2D eigenvalue weighted by Crippen LogP contribution is -2.11. The van der Waals surface area contributed by atoms with Gasteiger partial charge in [-0.05, 0) is 12.1 Å². The largest absolute Gasteiger partial charge is 0.391 e. The number of hydrogen-bond donors (Lipinski definition) is 2. The third kappa shape index (κ3) is 2.84. The summed E-state index contributed by atoms with van der Waals surface area (Å²) in [5.74, 6) is -0.627. The van der Waals surface area contributed by atoms with Gasteiger partial charge in [0.25, 0.3) is 10.0 Å². The van der Waals surface area contributed by atoms with E-state index in [1.165, 1.54) is 18.3 Å². The number of nitrogens with one attached hydrogen (secondary N) is 1. The summed E-state index contributed by atoms with van der Waals surface area (Å²) in [6.07, 6.45) is 2.19. The van der Waals surface area contributed by atoms with Crippen molar-refractivity contribution in [3.8, 4) is 0 Å². The third-order valence-electron chi connectivity index (χ3n) is 2.01. The molecule has 2 aromatic rings. The van der Waals surface area contributed by atoms with Crippen molar-refractivity contribution in [3.63, 3.8) is 0 Å². The normalized spacial score (nSPS) is 11.4. The van der Waals surface area contributed by atoms with Crippen LogP contribution in [-0.4, -0.2) is 18.5 Å². The lowest BCUT2D eigenvalue weighted by Gasteiger charge is -2.05. The summed E-state index contributed by atoms with van der Waals surface area (Å²) in [7, 11) is -3.77. The van der Waals surface area contributed by atoms with Crippen LogP contribution in [0.5, 0.6) is 0 Å². The molecule has 0 atom stereocenters. The van der Waals surface area contributed by atoms with Crippen LogP contribution in [0.1, 0.15) is 4.88 Å². The first kappa shape index (κ1) is 12.9. The summed E-state index contributed by atoms with van der Waals surface area (Å²) in [5.41, 5.74) is 0.0500. The number of anilines is 1. The zero-order chi connectivity index (χ0) is 13.2. The molecular weight excluding hydrogens is 279 g/mol. The van der Waals surface area contributed by atoms with Gasteiger partial charge in [0.1, 0.15) is 10.0 Å². The zero-order valence-electron chi connectivity index (χ0n) is 9.00. The summed E-state index contributed by atoms with van der Waals surface area (Å²) >= 11 is 0.949. The van der Waals surface area contributed by atoms with Crippen LogP contribution in [-0.2, 0) is 16.6 Å². The predicted molar refractivity (Wildman–Crippen MR) is 65.2 cm³/mol. The predicted octanol–water partition coefficient (Wildman–Crippen LogP) is 1.58. The second-order valence-corrected chi connectivity index (χ2v) is 6.45. The van der Waals surface area contributed by atoms with Crippen LogP contribution in [0.15, 0.2) is 34.8 Å². The number of hydrogen-bond acceptors (Lipinski definition) is 5. The molecule has 0 unspecified atom stereocenters. The highest BCUT2D eigenvalue weighted by atomic mass is 32.2. The average molecular weight is 288 g/mol. The lowest BCUT2D eigenvalue weighted by molar-refractivity contribution is 0.285. The molecule has 2 rings (SSSR count). The molecule has 0 aliphatic carbocycles. The molecule has 96 valence electrons. The highest BCUT2D eigenvalue weighted by molar-refractivity contribution is 7.94. The monoisotopic (exact) mass is 288 g/mol. The maximum atomic E-state index is 12.9. The van der Waals surface area contributed by atoms with Crippen molar-refractivity contribution >= 4 is 27.0 Å². The molecule has 0 bridgehead atoms. The number of pyridine rings is 1. The molecule has 18 heavy (non-hydrogen) atoms. The van der Waals surface area contributed by atoms with Gasteiger partial charge in [0.05, 0.1) is 24.7 Å². The first-order valence-corrected chi connectivity index (χ1v) is 7.14. The summed E-state index contributed by atoms with van der Waals surface area (Å²) in [4.78, 5) is 4.08. The van der Waals surface area contributed by atoms with Crippen molar-refractivity contribution in [3.05, 3.63) is 41.3 Å². The van der Waals surface area contributed by atoms with E-state index < -0.39 is 15.8 Å². The van der Waals surface area contributed by atoms with Gasteiger partial charge in [-0.2, -0.15) is 0 Å². The van der Waals surface area contributed by atoms with Gasteiger partial charge < -0.3 is 5.11 Å². The van der Waals surface area contributed by atoms with Crippen molar-refractivity contribution in [1.82, 2.24) is 4.98 Å². The Morgan fingerprint density at radius 2 is 2.17 bits per heavy atom. The molecule has 5 nitrogen and oxygen atoms in total. The van der Waals surface area contributed by atoms with E-state index in [9.17, 15) is 12.8 Å². The van der Waals surface area contributed by atoms with E-state index in [-0.39, 0.29) is 16.5 Å². The minimum Gasteiger partial charge on any atom is -0.391 e. The van der Waals surface area contributed by atoms with Gasteiger partial charge in [0, 0.05) is 10.9 Å². The molecule has 0 spiro atoms. The third-order valence-corrected chi connectivity index (χ3v) is 4.96. The first-order chi connectivity index (χ1) is 8.51. The molecule has 2 aromatic heterocycles. The van der Waals surface area contributed by atoms with E-state index in [1.807, 2.05) is 0 Å². The van der Waals surface area contributed by atoms with Crippen molar-refractivity contribution < 1.29 is 17.9 Å². The van der Waals surface area contributed by atoms with Crippen LogP contribution < -0.4 is 4.72 Å². The number of aliphatic hydroxyl groups excluding tert-OH is 1. The number of rotatable bonds is 4. The fourth-order valence-corrected chi connectivity index (χ4v) is 3.51. The van der Waals surface area contributed by atoms with Crippen LogP contribution >= 0.6 is 11.3 Å². The number of aliphatic hydroxyl groups is 1. The number of nitrogens with zero attached hydrogens (tertiary/aromatic N) is 1. The van der Waals surface area contributed by atoms with Crippen molar-refractivity contribution in [2.75, 3.05) is 4.72 Å². The molecule has 0 aliphatic rings. The molecule has 2 heterocycles. The number of halogens is 1. The molecule has 0 saturated heterocycles. The minimum atomic E-state index is -3.77. The molecule has 0 aromatic carbocycles. The smallest absolute Gasteiger partial charge is 0.271 e. The highest BCUT2D eigenvalue weighted by Gasteiger charge is 2.17. The fourth-order valence-electron chi connectivity index (χ4n) is 1.26. The maximum absolute atomic E-state index is 12.9. The van der Waals surface area contributed by atoms with Gasteiger partial charge in [0.2, 0.25) is 0 Å². The average Bonchev–Trinajstić information content (AvgIpc) is 2.77. The molecule has 2 N–H and O–H groups in total. The first-order valence-electron chi connectivity index (χ1n) is 4.84. The number of sulfonamides is 1. The van der Waals surface area contributed by atoms with Gasteiger partial charge in [-0.25, -0.2) is 12.8 Å². The summed E-state index contributed by atoms with van der Waals surface area (Å²) in [6, 6.07) is 3.93. The Balaban J connectivity index is 2.27. The Bertz CT molecular complexity index is 655. The van der Waals surface area contributed by atoms with Gasteiger partial charge in [-0.3, -0.25) is 9.71 Å². The van der Waals surface area contributed by atoms with E-state index in [2.05, 4.69) is 9.71 Å². The Kier molecular flexibility index (Phi) is 3.60. The van der Waals surface area contributed by atoms with Crippen LogP contribution in [0.25, 0.3) is 0 Å². The summed E-state index contributed by atoms with van der Waals surface area (Å²) in [6.45, 7) is -0.221. The SMILES string of the molecule is O=S(=O)(Nc1cncc(F)c1)c1ccc(CO)s1. The standard InChI is InChI=1S/C10H9FN2O3S2/c11-7-3-8(5-12-4-7)13-18(15,16)10-2-1-9(6-14)17-10/h1-5,13-14H,6H2. The Morgan fingerprint density at radius 3 is 2.78 bits per heavy atom. The van der Waals surface area contributed by atoms with E-state index in [0.717, 1.165) is 23.6 Å². The Morgan fingerprint density at radius 1 is 1.39 bits per heavy atom. The minimum absolute atomic E-state index is 0.0500. The molecule has 0 fully saturated rings.